The third-order valence-electron chi connectivity index (χ3n) is 8.11. The Kier molecular flexibility index (Phi) is 14.2. The van der Waals surface area contributed by atoms with Gasteiger partial charge in [-0.3, -0.25) is 0 Å². The van der Waals surface area contributed by atoms with Gasteiger partial charge in [0.2, 0.25) is 0 Å². The highest BCUT2D eigenvalue weighted by Gasteiger charge is 2.27. The van der Waals surface area contributed by atoms with Crippen molar-refractivity contribution in [3.63, 3.8) is 0 Å². The van der Waals surface area contributed by atoms with Gasteiger partial charge in [-0.05, 0) is 130 Å². The summed E-state index contributed by atoms with van der Waals surface area (Å²) in [6.45, 7) is 3.60. The fourth-order valence-electron chi connectivity index (χ4n) is 6.02. The van der Waals surface area contributed by atoms with Crippen LogP contribution in [0, 0.1) is 5.82 Å². The lowest BCUT2D eigenvalue weighted by Crippen LogP contribution is -2.33. The molecule has 1 aliphatic carbocycles. The molecular weight excluding hydrogens is 594 g/mol. The molecule has 0 aromatic heterocycles. The molecule has 1 atom stereocenters. The number of hydrogen-bond acceptors (Lipinski definition) is 5. The van der Waals surface area contributed by atoms with Gasteiger partial charge in [-0.25, -0.2) is 12.8 Å². The van der Waals surface area contributed by atoms with Crippen LogP contribution >= 0.6 is 0 Å². The fraction of sp³-hybridized carbons (Fsp3) is 0.588. The van der Waals surface area contributed by atoms with Crippen LogP contribution in [-0.4, -0.2) is 67.0 Å². The molecule has 0 bridgehead atoms. The summed E-state index contributed by atoms with van der Waals surface area (Å²) in [6.07, 6.45) is 2.13. The number of rotatable bonds is 18. The van der Waals surface area contributed by atoms with Crippen molar-refractivity contribution in [2.24, 2.45) is 0 Å². The Labute approximate surface area is 259 Å². The van der Waals surface area contributed by atoms with E-state index in [9.17, 15) is 36.2 Å². The monoisotopic (exact) mass is 641 g/mol. The Hall–Kier alpha value is -2.43. The molecule has 0 spiro atoms. The highest BCUT2D eigenvalue weighted by Crippen LogP contribution is 2.39. The largest absolute Gasteiger partial charge is 0.508 e. The number of halogens is 4. The van der Waals surface area contributed by atoms with Crippen molar-refractivity contribution >= 4 is 21.0 Å². The molecule has 1 aliphatic rings. The number of aromatic hydroxyl groups is 1. The summed E-state index contributed by atoms with van der Waals surface area (Å²) in [5.74, 6) is -0.561. The van der Waals surface area contributed by atoms with Crippen LogP contribution in [0.4, 0.5) is 17.6 Å². The average Bonchev–Trinajstić information content (AvgIpc) is 3.11. The number of benzene rings is 2. The number of phenolic OH excluding ortho intramolecular Hbond substituents is 1. The molecule has 0 unspecified atom stereocenters. The number of aryl methyl sites for hydroxylation is 1. The summed E-state index contributed by atoms with van der Waals surface area (Å²) in [7, 11) is -3.51. The lowest BCUT2D eigenvalue weighted by Gasteiger charge is -2.23. The second-order valence-corrected chi connectivity index (χ2v) is 14.4. The van der Waals surface area contributed by atoms with Crippen molar-refractivity contribution in [3.8, 4) is 5.75 Å². The van der Waals surface area contributed by atoms with E-state index in [2.05, 4.69) is 4.90 Å². The predicted molar refractivity (Wildman–Crippen MR) is 169 cm³/mol. The van der Waals surface area contributed by atoms with E-state index >= 15 is 0 Å². The van der Waals surface area contributed by atoms with E-state index in [1.54, 1.807) is 13.0 Å². The summed E-state index contributed by atoms with van der Waals surface area (Å²) in [5, 5.41) is 20.0. The number of hydrogen-bond donors (Lipinski definition) is 2. The summed E-state index contributed by atoms with van der Waals surface area (Å²) >= 11 is 0. The van der Waals surface area contributed by atoms with Crippen LogP contribution in [-0.2, 0) is 16.3 Å². The minimum Gasteiger partial charge on any atom is -0.508 e. The van der Waals surface area contributed by atoms with Crippen LogP contribution in [0.3, 0.4) is 0 Å². The van der Waals surface area contributed by atoms with Crippen LogP contribution in [0.5, 0.6) is 5.75 Å². The molecule has 44 heavy (non-hydrogen) atoms. The molecule has 0 amide bonds. The van der Waals surface area contributed by atoms with Gasteiger partial charge < -0.3 is 15.1 Å². The van der Waals surface area contributed by atoms with Crippen molar-refractivity contribution < 1.29 is 36.2 Å². The number of aliphatic hydroxyl groups is 1. The number of phenols is 1. The molecular formula is C34H47F4NO4S. The third-order valence-corrected chi connectivity index (χ3v) is 9.93. The molecule has 10 heteroatoms. The maximum absolute atomic E-state index is 13.7. The Bertz CT molecular complexity index is 1310. The topological polar surface area (TPSA) is 77.8 Å². The smallest absolute Gasteiger partial charge is 0.389 e. The molecule has 3 rings (SSSR count). The minimum absolute atomic E-state index is 0.119. The second-order valence-electron chi connectivity index (χ2n) is 12.1. The molecule has 5 nitrogen and oxygen atoms in total. The number of allylic oxidation sites excluding steroid dienone is 2. The number of alkyl halides is 3. The maximum Gasteiger partial charge on any atom is 0.389 e. The molecule has 0 saturated heterocycles. The van der Waals surface area contributed by atoms with E-state index in [-0.39, 0.29) is 17.3 Å². The standard InChI is InChI=1S/C34H47F4NO4S/c1-26(40)25-39(21-6-7-22-44(42,43)23-9-19-34(36,37)38)20-5-3-2-4-11-33-31(27-13-15-29(35)16-14-27)12-8-10-28-24-30(41)17-18-32(28)33/h13-18,24,26,40-41H,2-12,19-23,25H2,1H3/t26-/m1/s1. The number of unbranched alkanes of at least 4 members (excludes halogenated alkanes) is 4. The Morgan fingerprint density at radius 2 is 1.55 bits per heavy atom. The van der Waals surface area contributed by atoms with Crippen LogP contribution in [0.1, 0.15) is 94.2 Å². The number of aliphatic hydroxyl groups excluding tert-OH is 1. The summed E-state index contributed by atoms with van der Waals surface area (Å²) in [4.78, 5) is 2.13. The second kappa shape index (κ2) is 17.3. The average molecular weight is 642 g/mol. The zero-order valence-corrected chi connectivity index (χ0v) is 26.5. The van der Waals surface area contributed by atoms with Gasteiger partial charge in [0.15, 0.2) is 0 Å². The lowest BCUT2D eigenvalue weighted by molar-refractivity contribution is -0.134. The molecule has 2 N–H and O–H groups in total. The van der Waals surface area contributed by atoms with Gasteiger partial charge in [-0.15, -0.1) is 0 Å². The first kappa shape index (κ1) is 36.0. The highest BCUT2D eigenvalue weighted by atomic mass is 32.2. The SMILES string of the molecule is C[C@@H](O)CN(CCCCCCC1=C(c2ccc(F)cc2)CCCc2cc(O)ccc21)CCCCS(=O)(=O)CCCC(F)(F)F. The molecule has 2 aromatic rings. The van der Waals surface area contributed by atoms with Crippen molar-refractivity contribution in [1.82, 2.24) is 4.90 Å². The van der Waals surface area contributed by atoms with E-state index in [1.807, 2.05) is 24.3 Å². The van der Waals surface area contributed by atoms with Crippen molar-refractivity contribution in [1.29, 1.82) is 0 Å². The van der Waals surface area contributed by atoms with Gasteiger partial charge in [0.05, 0.1) is 17.6 Å². The molecule has 246 valence electrons. The number of nitrogens with zero attached hydrogens (tertiary/aromatic N) is 1. The summed E-state index contributed by atoms with van der Waals surface area (Å²) in [6, 6.07) is 12.3. The molecule has 0 aliphatic heterocycles. The van der Waals surface area contributed by atoms with E-state index < -0.39 is 40.7 Å². The van der Waals surface area contributed by atoms with E-state index in [4.69, 9.17) is 0 Å². The molecule has 2 aromatic carbocycles. The summed E-state index contributed by atoms with van der Waals surface area (Å²) < 4.78 is 74.8. The highest BCUT2D eigenvalue weighted by molar-refractivity contribution is 7.91. The molecule has 0 fully saturated rings. The van der Waals surface area contributed by atoms with Crippen molar-refractivity contribution in [3.05, 3.63) is 65.0 Å². The zero-order valence-electron chi connectivity index (χ0n) is 25.7. The van der Waals surface area contributed by atoms with Crippen LogP contribution in [0.15, 0.2) is 42.5 Å². The van der Waals surface area contributed by atoms with Gasteiger partial charge in [-0.1, -0.05) is 31.0 Å². The number of sulfone groups is 1. The molecule has 0 radical (unpaired) electrons. The van der Waals surface area contributed by atoms with Gasteiger partial charge >= 0.3 is 6.18 Å². The summed E-state index contributed by atoms with van der Waals surface area (Å²) in [5.41, 5.74) is 5.82. The zero-order chi connectivity index (χ0) is 32.2. The Morgan fingerprint density at radius 3 is 2.23 bits per heavy atom. The maximum atomic E-state index is 13.7. The van der Waals surface area contributed by atoms with E-state index in [0.29, 0.717) is 25.9 Å². The van der Waals surface area contributed by atoms with Crippen molar-refractivity contribution in [2.75, 3.05) is 31.1 Å². The van der Waals surface area contributed by atoms with Gasteiger partial charge in [0.1, 0.15) is 21.4 Å². The van der Waals surface area contributed by atoms with Crippen LogP contribution in [0.2, 0.25) is 0 Å². The third kappa shape index (κ3) is 12.9. The van der Waals surface area contributed by atoms with Gasteiger partial charge in [-0.2, -0.15) is 13.2 Å². The normalized spacial score (nSPS) is 15.0. The van der Waals surface area contributed by atoms with Gasteiger partial charge in [0.25, 0.3) is 0 Å². The fourth-order valence-corrected chi connectivity index (χ4v) is 7.45. The quantitative estimate of drug-likeness (QED) is 0.128. The number of fused-ring (bicyclic) bond motifs is 1. The predicted octanol–water partition coefficient (Wildman–Crippen LogP) is 7.95. The Balaban J connectivity index is 1.49. The van der Waals surface area contributed by atoms with E-state index in [0.717, 1.165) is 74.6 Å². The Morgan fingerprint density at radius 1 is 0.886 bits per heavy atom. The van der Waals surface area contributed by atoms with Gasteiger partial charge in [0, 0.05) is 13.0 Å². The minimum atomic E-state index is -4.34. The van der Waals surface area contributed by atoms with E-state index in [1.165, 1.54) is 23.3 Å². The molecule has 0 heterocycles. The van der Waals surface area contributed by atoms with Crippen LogP contribution < -0.4 is 0 Å². The first-order valence-corrected chi connectivity index (χ1v) is 17.6. The lowest BCUT2D eigenvalue weighted by atomic mass is 9.89. The first-order valence-electron chi connectivity index (χ1n) is 15.8. The molecule has 0 saturated carbocycles. The van der Waals surface area contributed by atoms with Crippen molar-refractivity contribution in [2.45, 2.75) is 96.3 Å². The van der Waals surface area contributed by atoms with Crippen LogP contribution in [0.25, 0.3) is 11.1 Å². The first-order chi connectivity index (χ1) is 20.8.